The predicted molar refractivity (Wildman–Crippen MR) is 81.5 cm³/mol. The molecule has 1 aromatic rings. The van der Waals surface area contributed by atoms with Gasteiger partial charge in [-0.15, -0.1) is 0 Å². The van der Waals surface area contributed by atoms with Gasteiger partial charge >= 0.3 is 12.0 Å². The van der Waals surface area contributed by atoms with Crippen molar-refractivity contribution in [3.05, 3.63) is 29.8 Å². The summed E-state index contributed by atoms with van der Waals surface area (Å²) in [4.78, 5) is 24.6. The lowest BCUT2D eigenvalue weighted by molar-refractivity contribution is -0.135. The highest BCUT2D eigenvalue weighted by atomic mass is 16.4. The summed E-state index contributed by atoms with van der Waals surface area (Å²) in [5, 5.41) is 11.9. The van der Waals surface area contributed by atoms with Crippen LogP contribution in [0.4, 0.5) is 10.5 Å². The van der Waals surface area contributed by atoms with Gasteiger partial charge in [-0.1, -0.05) is 24.6 Å². The molecule has 5 nitrogen and oxygen atoms in total. The van der Waals surface area contributed by atoms with E-state index in [1.165, 1.54) is 4.90 Å². The molecule has 1 aliphatic rings. The lowest BCUT2D eigenvalue weighted by atomic mass is 10.0. The van der Waals surface area contributed by atoms with E-state index in [4.69, 9.17) is 5.11 Å². The molecule has 1 saturated carbocycles. The molecule has 0 bridgehead atoms. The summed E-state index contributed by atoms with van der Waals surface area (Å²) >= 11 is 0. The number of anilines is 1. The molecule has 2 amide bonds. The Balaban J connectivity index is 2.06. The molecule has 0 atom stereocenters. The minimum absolute atomic E-state index is 0.234. The summed E-state index contributed by atoms with van der Waals surface area (Å²) in [7, 11) is 0. The highest BCUT2D eigenvalue weighted by Gasteiger charge is 2.41. The van der Waals surface area contributed by atoms with Crippen LogP contribution in [0.1, 0.15) is 31.7 Å². The molecule has 2 N–H and O–H groups in total. The molecule has 0 unspecified atom stereocenters. The van der Waals surface area contributed by atoms with E-state index in [0.29, 0.717) is 12.2 Å². The zero-order valence-electron chi connectivity index (χ0n) is 12.6. The molecule has 1 fully saturated rings. The van der Waals surface area contributed by atoms with Gasteiger partial charge in [-0.2, -0.15) is 0 Å². The van der Waals surface area contributed by atoms with Crippen molar-refractivity contribution >= 4 is 17.7 Å². The highest BCUT2D eigenvalue weighted by Crippen LogP contribution is 2.47. The lowest BCUT2D eigenvalue weighted by Gasteiger charge is -2.23. The van der Waals surface area contributed by atoms with Crippen molar-refractivity contribution in [2.24, 2.45) is 5.41 Å². The van der Waals surface area contributed by atoms with Crippen LogP contribution in [0.25, 0.3) is 0 Å². The highest BCUT2D eigenvalue weighted by molar-refractivity contribution is 5.96. The summed E-state index contributed by atoms with van der Waals surface area (Å²) in [5.41, 5.74) is 1.90. The maximum atomic E-state index is 12.3. The van der Waals surface area contributed by atoms with Gasteiger partial charge in [0.2, 0.25) is 0 Å². The van der Waals surface area contributed by atoms with Crippen molar-refractivity contribution in [2.75, 3.05) is 18.0 Å². The summed E-state index contributed by atoms with van der Waals surface area (Å²) in [6, 6.07) is 6.92. The fourth-order valence-corrected chi connectivity index (χ4v) is 2.33. The van der Waals surface area contributed by atoms with Crippen molar-refractivity contribution in [1.82, 2.24) is 5.32 Å². The molecular formula is C16H22N2O3. The van der Waals surface area contributed by atoms with Crippen LogP contribution in [-0.4, -0.2) is 30.2 Å². The van der Waals surface area contributed by atoms with Gasteiger partial charge in [0.15, 0.2) is 0 Å². The van der Waals surface area contributed by atoms with Crippen LogP contribution in [0.5, 0.6) is 0 Å². The Morgan fingerprint density at radius 3 is 2.38 bits per heavy atom. The number of carbonyl (C=O) groups excluding carboxylic acids is 1. The average molecular weight is 290 g/mol. The molecule has 5 heteroatoms. The molecular weight excluding hydrogens is 268 g/mol. The monoisotopic (exact) mass is 290 g/mol. The molecule has 114 valence electrons. The molecule has 21 heavy (non-hydrogen) atoms. The molecule has 0 aliphatic heterocycles. The zero-order valence-corrected chi connectivity index (χ0v) is 12.6. The van der Waals surface area contributed by atoms with E-state index in [1.54, 1.807) is 12.1 Å². The Kier molecular flexibility index (Phi) is 4.50. The topological polar surface area (TPSA) is 69.6 Å². The molecule has 0 aromatic heterocycles. The van der Waals surface area contributed by atoms with Gasteiger partial charge in [0.25, 0.3) is 0 Å². The number of carboxylic acid groups (broad SMARTS) is 1. The van der Waals surface area contributed by atoms with Crippen molar-refractivity contribution in [3.8, 4) is 0 Å². The number of nitrogens with one attached hydrogen (secondary N) is 1. The van der Waals surface area contributed by atoms with Gasteiger partial charge in [0.1, 0.15) is 6.54 Å². The number of rotatable bonds is 6. The van der Waals surface area contributed by atoms with Crippen LogP contribution in [-0.2, 0) is 4.79 Å². The van der Waals surface area contributed by atoms with Crippen molar-refractivity contribution in [3.63, 3.8) is 0 Å². The van der Waals surface area contributed by atoms with Crippen LogP contribution in [0.15, 0.2) is 24.3 Å². The first-order valence-electron chi connectivity index (χ1n) is 7.30. The fourth-order valence-electron chi connectivity index (χ4n) is 2.33. The molecule has 2 rings (SSSR count). The number of nitrogens with zero attached hydrogens (tertiary/aromatic N) is 1. The normalized spacial score (nSPS) is 15.3. The maximum Gasteiger partial charge on any atom is 0.323 e. The number of aliphatic carboxylic acids is 1. The molecule has 0 heterocycles. The number of amides is 2. The van der Waals surface area contributed by atoms with Crippen LogP contribution in [0, 0.1) is 12.3 Å². The molecule has 0 saturated heterocycles. The third kappa shape index (κ3) is 3.97. The second-order valence-electron chi connectivity index (χ2n) is 5.83. The number of hydrogen-bond donors (Lipinski definition) is 2. The Morgan fingerprint density at radius 2 is 1.90 bits per heavy atom. The number of aryl methyl sites for hydroxylation is 1. The van der Waals surface area contributed by atoms with Gasteiger partial charge < -0.3 is 10.4 Å². The number of carboxylic acids is 1. The third-order valence-corrected chi connectivity index (χ3v) is 4.21. The second-order valence-corrected chi connectivity index (χ2v) is 5.83. The quantitative estimate of drug-likeness (QED) is 0.846. The number of carbonyl (C=O) groups is 2. The first kappa shape index (κ1) is 15.4. The van der Waals surface area contributed by atoms with E-state index in [2.05, 4.69) is 12.2 Å². The Bertz CT molecular complexity index is 521. The molecule has 1 aromatic carbocycles. The zero-order chi connectivity index (χ0) is 15.5. The summed E-state index contributed by atoms with van der Waals surface area (Å²) in [5.74, 6) is -1.03. The summed E-state index contributed by atoms with van der Waals surface area (Å²) in [6.45, 7) is 4.34. The van der Waals surface area contributed by atoms with E-state index >= 15 is 0 Å². The van der Waals surface area contributed by atoms with Crippen molar-refractivity contribution in [1.29, 1.82) is 0 Å². The van der Waals surface area contributed by atoms with E-state index < -0.39 is 5.97 Å². The number of hydrogen-bond acceptors (Lipinski definition) is 2. The second kappa shape index (κ2) is 6.16. The molecule has 1 aliphatic carbocycles. The van der Waals surface area contributed by atoms with Gasteiger partial charge in [-0.25, -0.2) is 4.79 Å². The van der Waals surface area contributed by atoms with Crippen LogP contribution < -0.4 is 10.2 Å². The SMILES string of the molecule is CCC1(CNC(=O)N(CC(=O)O)c2ccc(C)cc2)CC1. The lowest BCUT2D eigenvalue weighted by Crippen LogP contribution is -2.44. The Labute approximate surface area is 125 Å². The minimum atomic E-state index is -1.03. The summed E-state index contributed by atoms with van der Waals surface area (Å²) in [6.07, 6.45) is 3.30. The smallest absolute Gasteiger partial charge is 0.323 e. The fraction of sp³-hybridized carbons (Fsp3) is 0.500. The van der Waals surface area contributed by atoms with Gasteiger partial charge in [-0.05, 0) is 43.7 Å². The van der Waals surface area contributed by atoms with E-state index in [0.717, 1.165) is 24.8 Å². The van der Waals surface area contributed by atoms with Gasteiger partial charge in [-0.3, -0.25) is 9.69 Å². The van der Waals surface area contributed by atoms with Crippen LogP contribution in [0.2, 0.25) is 0 Å². The first-order valence-corrected chi connectivity index (χ1v) is 7.30. The van der Waals surface area contributed by atoms with E-state index in [-0.39, 0.29) is 18.0 Å². The van der Waals surface area contributed by atoms with Crippen molar-refractivity contribution < 1.29 is 14.7 Å². The average Bonchev–Trinajstić information content (AvgIpc) is 3.24. The van der Waals surface area contributed by atoms with Crippen LogP contribution in [0.3, 0.4) is 0 Å². The molecule has 0 radical (unpaired) electrons. The van der Waals surface area contributed by atoms with E-state index in [1.807, 2.05) is 19.1 Å². The minimum Gasteiger partial charge on any atom is -0.480 e. The molecule has 0 spiro atoms. The summed E-state index contributed by atoms with van der Waals surface area (Å²) < 4.78 is 0. The largest absolute Gasteiger partial charge is 0.480 e. The van der Waals surface area contributed by atoms with Gasteiger partial charge in [0, 0.05) is 12.2 Å². The first-order chi connectivity index (χ1) is 9.96. The Morgan fingerprint density at radius 1 is 1.29 bits per heavy atom. The third-order valence-electron chi connectivity index (χ3n) is 4.21. The Hall–Kier alpha value is -2.04. The number of benzene rings is 1. The van der Waals surface area contributed by atoms with Gasteiger partial charge in [0.05, 0.1) is 0 Å². The van der Waals surface area contributed by atoms with Crippen molar-refractivity contribution in [2.45, 2.75) is 33.1 Å². The number of urea groups is 1. The van der Waals surface area contributed by atoms with Crippen LogP contribution >= 0.6 is 0 Å². The van der Waals surface area contributed by atoms with E-state index in [9.17, 15) is 9.59 Å². The standard InChI is InChI=1S/C16H22N2O3/c1-3-16(8-9-16)11-17-15(21)18(10-14(19)20)13-6-4-12(2)5-7-13/h4-7H,3,8-11H2,1-2H3,(H,17,21)(H,19,20). The predicted octanol–water partition coefficient (Wildman–Crippen LogP) is 2.79. The maximum absolute atomic E-state index is 12.3.